The van der Waals surface area contributed by atoms with E-state index in [0.29, 0.717) is 5.41 Å². The molecule has 0 N–H and O–H groups in total. The number of rotatable bonds is 3. The van der Waals surface area contributed by atoms with E-state index in [9.17, 15) is 0 Å². The lowest BCUT2D eigenvalue weighted by Gasteiger charge is -2.00. The lowest BCUT2D eigenvalue weighted by atomic mass is 10.1. The van der Waals surface area contributed by atoms with Crippen molar-refractivity contribution in [1.29, 1.82) is 0 Å². The van der Waals surface area contributed by atoms with Gasteiger partial charge in [-0.3, -0.25) is 0 Å². The largest absolute Gasteiger partial charge is 0.0847 e. The Kier molecular flexibility index (Phi) is 2.78. The minimum atomic E-state index is 0.613. The Hall–Kier alpha value is -0.230. The van der Waals surface area contributed by atoms with Gasteiger partial charge in [0.25, 0.3) is 0 Å². The van der Waals surface area contributed by atoms with E-state index < -0.39 is 0 Å². The van der Waals surface area contributed by atoms with Crippen molar-refractivity contribution in [2.75, 3.05) is 0 Å². The normalized spacial score (nSPS) is 22.6. The van der Waals surface area contributed by atoms with E-state index in [1.54, 1.807) is 0 Å². The van der Waals surface area contributed by atoms with Crippen LogP contribution in [-0.2, 0) is 0 Å². The minimum Gasteiger partial charge on any atom is -0.0847 e. The van der Waals surface area contributed by atoms with E-state index in [1.807, 2.05) is 19.1 Å². The van der Waals surface area contributed by atoms with Gasteiger partial charge in [0.15, 0.2) is 0 Å². The van der Waals surface area contributed by atoms with E-state index in [1.165, 1.54) is 19.3 Å². The number of hydrogen-bond acceptors (Lipinski definition) is 0. The zero-order valence-electron chi connectivity index (χ0n) is 7.23. The summed E-state index contributed by atoms with van der Waals surface area (Å²) in [6.45, 7) is 4.27. The molecule has 0 aromatic carbocycles. The van der Waals surface area contributed by atoms with Gasteiger partial charge in [0.1, 0.15) is 0 Å². The minimum absolute atomic E-state index is 0.613. The Bertz CT molecular complexity index is 185. The number of halogens is 1. The first kappa shape index (κ1) is 8.86. The van der Waals surface area contributed by atoms with Gasteiger partial charge in [-0.1, -0.05) is 30.7 Å². The highest BCUT2D eigenvalue weighted by Crippen LogP contribution is 2.48. The van der Waals surface area contributed by atoms with E-state index in [4.69, 9.17) is 11.6 Å². The Morgan fingerprint density at radius 3 is 2.64 bits per heavy atom. The Morgan fingerprint density at radius 2 is 2.18 bits per heavy atom. The summed E-state index contributed by atoms with van der Waals surface area (Å²) in [7, 11) is 0. The highest BCUT2D eigenvalue weighted by atomic mass is 35.5. The molecule has 0 atom stereocenters. The summed E-state index contributed by atoms with van der Waals surface area (Å²) < 4.78 is 0. The van der Waals surface area contributed by atoms with Crippen molar-refractivity contribution in [3.8, 4) is 0 Å². The molecule has 0 spiro atoms. The first-order chi connectivity index (χ1) is 5.16. The summed E-state index contributed by atoms with van der Waals surface area (Å²) in [6, 6.07) is 0. The molecule has 11 heavy (non-hydrogen) atoms. The molecular formula is C10H15Cl. The first-order valence-corrected chi connectivity index (χ1v) is 4.52. The average Bonchev–Trinajstić information content (AvgIpc) is 2.68. The molecule has 0 aromatic heterocycles. The van der Waals surface area contributed by atoms with Crippen LogP contribution in [0.15, 0.2) is 23.3 Å². The van der Waals surface area contributed by atoms with Crippen LogP contribution in [0.3, 0.4) is 0 Å². The van der Waals surface area contributed by atoms with Crippen molar-refractivity contribution in [2.24, 2.45) is 5.41 Å². The Balaban J connectivity index is 2.26. The molecule has 0 bridgehead atoms. The van der Waals surface area contributed by atoms with E-state index >= 15 is 0 Å². The highest BCUT2D eigenvalue weighted by Gasteiger charge is 2.35. The fraction of sp³-hybridized carbons (Fsp3) is 0.600. The maximum atomic E-state index is 5.79. The maximum Gasteiger partial charge on any atom is 0.0360 e. The predicted molar refractivity (Wildman–Crippen MR) is 50.7 cm³/mol. The lowest BCUT2D eigenvalue weighted by Crippen LogP contribution is -1.87. The fourth-order valence-corrected chi connectivity index (χ4v) is 1.06. The predicted octanol–water partition coefficient (Wildman–Crippen LogP) is 3.88. The lowest BCUT2D eigenvalue weighted by molar-refractivity contribution is 0.585. The van der Waals surface area contributed by atoms with Crippen molar-refractivity contribution in [2.45, 2.75) is 33.1 Å². The van der Waals surface area contributed by atoms with E-state index in [2.05, 4.69) is 13.0 Å². The zero-order chi connectivity index (χ0) is 8.32. The van der Waals surface area contributed by atoms with Crippen molar-refractivity contribution < 1.29 is 0 Å². The van der Waals surface area contributed by atoms with Gasteiger partial charge < -0.3 is 0 Å². The highest BCUT2D eigenvalue weighted by molar-refractivity contribution is 6.31. The number of allylic oxidation sites excluding steroid dienone is 4. The van der Waals surface area contributed by atoms with Gasteiger partial charge in [0, 0.05) is 5.03 Å². The molecule has 62 valence electrons. The smallest absolute Gasteiger partial charge is 0.0360 e. The molecule has 1 rings (SSSR count). The molecule has 0 unspecified atom stereocenters. The van der Waals surface area contributed by atoms with Crippen molar-refractivity contribution in [1.82, 2.24) is 0 Å². The molecule has 1 fully saturated rings. The van der Waals surface area contributed by atoms with Crippen molar-refractivity contribution in [3.63, 3.8) is 0 Å². The van der Waals surface area contributed by atoms with Crippen molar-refractivity contribution >= 4 is 11.6 Å². The SMILES string of the molecule is C/C=C(Cl)\C=C/CC1(C)CC1. The maximum absolute atomic E-state index is 5.79. The molecule has 1 heteroatoms. The van der Waals surface area contributed by atoms with Gasteiger partial charge in [-0.2, -0.15) is 0 Å². The van der Waals surface area contributed by atoms with Gasteiger partial charge >= 0.3 is 0 Å². The van der Waals surface area contributed by atoms with E-state index in [-0.39, 0.29) is 0 Å². The third-order valence-electron chi connectivity index (χ3n) is 2.27. The quantitative estimate of drug-likeness (QED) is 0.564. The molecule has 1 aliphatic carbocycles. The van der Waals surface area contributed by atoms with Crippen LogP contribution in [0, 0.1) is 5.41 Å². The van der Waals surface area contributed by atoms with Crippen LogP contribution in [-0.4, -0.2) is 0 Å². The molecule has 0 amide bonds. The molecule has 0 nitrogen and oxygen atoms in total. The standard InChI is InChI=1S/C10H15Cl/c1-3-9(11)5-4-6-10(2)7-8-10/h3-5H,6-8H2,1-2H3/b5-4-,9-3+. The van der Waals surface area contributed by atoms with Gasteiger partial charge in [-0.05, 0) is 37.7 Å². The second-order valence-corrected chi connectivity index (χ2v) is 4.03. The van der Waals surface area contributed by atoms with Gasteiger partial charge in [-0.15, -0.1) is 0 Å². The first-order valence-electron chi connectivity index (χ1n) is 4.15. The summed E-state index contributed by atoms with van der Waals surface area (Å²) >= 11 is 5.79. The number of hydrogen-bond donors (Lipinski definition) is 0. The van der Waals surface area contributed by atoms with Gasteiger partial charge in [0.2, 0.25) is 0 Å². The van der Waals surface area contributed by atoms with Crippen LogP contribution < -0.4 is 0 Å². The van der Waals surface area contributed by atoms with Crippen molar-refractivity contribution in [3.05, 3.63) is 23.3 Å². The molecule has 0 heterocycles. The van der Waals surface area contributed by atoms with Crippen LogP contribution in [0.4, 0.5) is 0 Å². The molecule has 0 radical (unpaired) electrons. The molecule has 0 saturated heterocycles. The topological polar surface area (TPSA) is 0 Å². The average molecular weight is 171 g/mol. The van der Waals surface area contributed by atoms with Crippen LogP contribution in [0.5, 0.6) is 0 Å². The van der Waals surface area contributed by atoms with Gasteiger partial charge in [0.05, 0.1) is 0 Å². The Morgan fingerprint density at radius 1 is 1.55 bits per heavy atom. The summed E-state index contributed by atoms with van der Waals surface area (Å²) in [5.74, 6) is 0. The summed E-state index contributed by atoms with van der Waals surface area (Å²) in [5.41, 5.74) is 0.613. The third kappa shape index (κ3) is 3.11. The second-order valence-electron chi connectivity index (χ2n) is 3.59. The van der Waals surface area contributed by atoms with Gasteiger partial charge in [-0.25, -0.2) is 0 Å². The molecule has 0 aliphatic heterocycles. The van der Waals surface area contributed by atoms with Crippen LogP contribution >= 0.6 is 11.6 Å². The Labute approximate surface area is 73.9 Å². The summed E-state index contributed by atoms with van der Waals surface area (Å²) in [4.78, 5) is 0. The monoisotopic (exact) mass is 170 g/mol. The van der Waals surface area contributed by atoms with Crippen LogP contribution in [0.25, 0.3) is 0 Å². The summed E-state index contributed by atoms with van der Waals surface area (Å²) in [6.07, 6.45) is 10.0. The second kappa shape index (κ2) is 3.44. The zero-order valence-corrected chi connectivity index (χ0v) is 7.99. The summed E-state index contributed by atoms with van der Waals surface area (Å²) in [5, 5.41) is 0.842. The molecular weight excluding hydrogens is 156 g/mol. The van der Waals surface area contributed by atoms with E-state index in [0.717, 1.165) is 5.03 Å². The molecule has 1 saturated carbocycles. The van der Waals surface area contributed by atoms with Crippen LogP contribution in [0.1, 0.15) is 33.1 Å². The van der Waals surface area contributed by atoms with Crippen LogP contribution in [0.2, 0.25) is 0 Å². The fourth-order valence-electron chi connectivity index (χ4n) is 0.970. The third-order valence-corrected chi connectivity index (χ3v) is 2.61. The molecule has 1 aliphatic rings. The molecule has 0 aromatic rings.